The molecule has 2 fully saturated rings. The van der Waals surface area contributed by atoms with Crippen LogP contribution in [0.2, 0.25) is 0 Å². The van der Waals surface area contributed by atoms with E-state index in [1.807, 2.05) is 12.4 Å². The maximum atomic E-state index is 5.66. The lowest BCUT2D eigenvalue weighted by atomic mass is 9.75. The second-order valence-corrected chi connectivity index (χ2v) is 5.22. The van der Waals surface area contributed by atoms with Crippen LogP contribution in [0.5, 0.6) is 0 Å². The van der Waals surface area contributed by atoms with Gasteiger partial charge in [-0.3, -0.25) is 9.88 Å². The molecule has 17 heavy (non-hydrogen) atoms. The Labute approximate surface area is 103 Å². The van der Waals surface area contributed by atoms with E-state index in [1.165, 1.54) is 24.8 Å². The third-order valence-electron chi connectivity index (χ3n) is 4.25. The first-order valence-corrected chi connectivity index (χ1v) is 6.61. The Morgan fingerprint density at radius 1 is 1.29 bits per heavy atom. The molecular formula is C14H20N2O. The smallest absolute Gasteiger partial charge is 0.0651 e. The second-order valence-electron chi connectivity index (χ2n) is 5.22. The van der Waals surface area contributed by atoms with E-state index in [4.69, 9.17) is 4.74 Å². The summed E-state index contributed by atoms with van der Waals surface area (Å²) in [7, 11) is 0. The van der Waals surface area contributed by atoms with Gasteiger partial charge in [-0.2, -0.15) is 0 Å². The average Bonchev–Trinajstić information content (AvgIpc) is 2.36. The van der Waals surface area contributed by atoms with Crippen molar-refractivity contribution in [3.8, 4) is 0 Å². The van der Waals surface area contributed by atoms with E-state index in [0.29, 0.717) is 5.54 Å². The van der Waals surface area contributed by atoms with Gasteiger partial charge in [-0.05, 0) is 43.4 Å². The maximum Gasteiger partial charge on any atom is 0.0651 e. The van der Waals surface area contributed by atoms with Crippen molar-refractivity contribution in [3.05, 3.63) is 30.1 Å². The summed E-state index contributed by atoms with van der Waals surface area (Å²) in [4.78, 5) is 6.72. The van der Waals surface area contributed by atoms with E-state index in [1.54, 1.807) is 0 Å². The first-order chi connectivity index (χ1) is 8.39. The standard InChI is InChI=1S/C14H20N2O/c1-5-14(6-1)12-17-11-10-16(14)9-4-13-2-7-15-8-3-13/h2-3,7-8H,1,4-6,9-12H2. The number of hydrogen-bond donors (Lipinski definition) is 0. The average molecular weight is 232 g/mol. The van der Waals surface area contributed by atoms with Gasteiger partial charge in [-0.15, -0.1) is 0 Å². The SMILES string of the molecule is c1cc(CCN2CCOCC23CCC3)ccn1. The Kier molecular flexibility index (Phi) is 3.12. The minimum Gasteiger partial charge on any atom is -0.378 e. The summed E-state index contributed by atoms with van der Waals surface area (Å²) >= 11 is 0. The second kappa shape index (κ2) is 4.75. The molecule has 1 aliphatic heterocycles. The van der Waals surface area contributed by atoms with Crippen molar-refractivity contribution in [2.24, 2.45) is 0 Å². The first kappa shape index (κ1) is 11.2. The Hall–Kier alpha value is -0.930. The van der Waals surface area contributed by atoms with Crippen LogP contribution >= 0.6 is 0 Å². The summed E-state index contributed by atoms with van der Waals surface area (Å²) in [6.45, 7) is 4.11. The minimum absolute atomic E-state index is 0.394. The fraction of sp³-hybridized carbons (Fsp3) is 0.643. The predicted octanol–water partition coefficient (Wildman–Crippen LogP) is 1.88. The molecule has 0 N–H and O–H groups in total. The fourth-order valence-corrected chi connectivity index (χ4v) is 2.97. The van der Waals surface area contributed by atoms with Gasteiger partial charge in [-0.1, -0.05) is 0 Å². The molecule has 0 bridgehead atoms. The molecule has 3 rings (SSSR count). The van der Waals surface area contributed by atoms with Gasteiger partial charge < -0.3 is 4.74 Å². The normalized spacial score (nSPS) is 23.5. The fourth-order valence-electron chi connectivity index (χ4n) is 2.97. The Balaban J connectivity index is 1.60. The molecule has 2 aliphatic rings. The van der Waals surface area contributed by atoms with Crippen LogP contribution in [-0.4, -0.2) is 41.7 Å². The largest absolute Gasteiger partial charge is 0.378 e. The molecule has 1 aromatic heterocycles. The molecule has 0 radical (unpaired) electrons. The van der Waals surface area contributed by atoms with Crippen LogP contribution in [0, 0.1) is 0 Å². The molecule has 2 heterocycles. The number of morpholine rings is 1. The zero-order valence-corrected chi connectivity index (χ0v) is 10.3. The van der Waals surface area contributed by atoms with Gasteiger partial charge in [0.25, 0.3) is 0 Å². The highest BCUT2D eigenvalue weighted by atomic mass is 16.5. The first-order valence-electron chi connectivity index (χ1n) is 6.61. The molecule has 1 saturated carbocycles. The van der Waals surface area contributed by atoms with Crippen LogP contribution in [0.25, 0.3) is 0 Å². The minimum atomic E-state index is 0.394. The zero-order valence-electron chi connectivity index (χ0n) is 10.3. The predicted molar refractivity (Wildman–Crippen MR) is 66.9 cm³/mol. The molecule has 1 saturated heterocycles. The number of hydrogen-bond acceptors (Lipinski definition) is 3. The lowest BCUT2D eigenvalue weighted by molar-refractivity contribution is -0.106. The van der Waals surface area contributed by atoms with Crippen LogP contribution in [0.1, 0.15) is 24.8 Å². The van der Waals surface area contributed by atoms with Gasteiger partial charge in [-0.25, -0.2) is 0 Å². The molecule has 1 aliphatic carbocycles. The number of ether oxygens (including phenoxy) is 1. The highest BCUT2D eigenvalue weighted by molar-refractivity contribution is 5.11. The number of pyridine rings is 1. The van der Waals surface area contributed by atoms with Crippen molar-refractivity contribution in [1.29, 1.82) is 0 Å². The Morgan fingerprint density at radius 2 is 2.12 bits per heavy atom. The molecule has 0 atom stereocenters. The summed E-state index contributed by atoms with van der Waals surface area (Å²) in [6.07, 6.45) is 8.91. The van der Waals surface area contributed by atoms with Crippen molar-refractivity contribution in [2.75, 3.05) is 26.3 Å². The third kappa shape index (κ3) is 2.22. The van der Waals surface area contributed by atoms with E-state index < -0.39 is 0 Å². The molecule has 0 unspecified atom stereocenters. The summed E-state index contributed by atoms with van der Waals surface area (Å²) < 4.78 is 5.66. The van der Waals surface area contributed by atoms with Gasteiger partial charge in [0.15, 0.2) is 0 Å². The van der Waals surface area contributed by atoms with Gasteiger partial charge in [0.2, 0.25) is 0 Å². The summed E-state index contributed by atoms with van der Waals surface area (Å²) in [5.41, 5.74) is 1.78. The molecule has 3 heteroatoms. The summed E-state index contributed by atoms with van der Waals surface area (Å²) in [5.74, 6) is 0. The van der Waals surface area contributed by atoms with Gasteiger partial charge in [0, 0.05) is 31.0 Å². The number of aromatic nitrogens is 1. The van der Waals surface area contributed by atoms with Crippen LogP contribution in [0.15, 0.2) is 24.5 Å². The van der Waals surface area contributed by atoms with Crippen molar-refractivity contribution < 1.29 is 4.74 Å². The monoisotopic (exact) mass is 232 g/mol. The van der Waals surface area contributed by atoms with E-state index in [2.05, 4.69) is 22.0 Å². The zero-order chi connectivity index (χ0) is 11.6. The van der Waals surface area contributed by atoms with E-state index in [9.17, 15) is 0 Å². The summed E-state index contributed by atoms with van der Waals surface area (Å²) in [5, 5.41) is 0. The molecule has 92 valence electrons. The lowest BCUT2D eigenvalue weighted by Gasteiger charge is -2.52. The lowest BCUT2D eigenvalue weighted by Crippen LogP contribution is -2.61. The van der Waals surface area contributed by atoms with E-state index in [0.717, 1.165) is 32.7 Å². The summed E-state index contributed by atoms with van der Waals surface area (Å²) in [6, 6.07) is 4.24. The molecule has 0 amide bonds. The van der Waals surface area contributed by atoms with Crippen molar-refractivity contribution in [2.45, 2.75) is 31.2 Å². The quantitative estimate of drug-likeness (QED) is 0.795. The van der Waals surface area contributed by atoms with Crippen LogP contribution in [-0.2, 0) is 11.2 Å². The van der Waals surface area contributed by atoms with Gasteiger partial charge in [0.1, 0.15) is 0 Å². The maximum absolute atomic E-state index is 5.66. The number of rotatable bonds is 3. The van der Waals surface area contributed by atoms with E-state index in [-0.39, 0.29) is 0 Å². The Bertz CT molecular complexity index is 362. The topological polar surface area (TPSA) is 25.4 Å². The highest BCUT2D eigenvalue weighted by Gasteiger charge is 2.44. The molecule has 0 aromatic carbocycles. The molecular weight excluding hydrogens is 212 g/mol. The Morgan fingerprint density at radius 3 is 2.82 bits per heavy atom. The molecule has 1 aromatic rings. The van der Waals surface area contributed by atoms with Crippen molar-refractivity contribution >= 4 is 0 Å². The third-order valence-corrected chi connectivity index (χ3v) is 4.25. The van der Waals surface area contributed by atoms with Gasteiger partial charge in [0.05, 0.1) is 13.2 Å². The van der Waals surface area contributed by atoms with Crippen molar-refractivity contribution in [1.82, 2.24) is 9.88 Å². The molecule has 1 spiro atoms. The van der Waals surface area contributed by atoms with Crippen LogP contribution < -0.4 is 0 Å². The van der Waals surface area contributed by atoms with E-state index >= 15 is 0 Å². The van der Waals surface area contributed by atoms with Crippen LogP contribution in [0.4, 0.5) is 0 Å². The van der Waals surface area contributed by atoms with Crippen LogP contribution in [0.3, 0.4) is 0 Å². The molecule has 3 nitrogen and oxygen atoms in total. The number of nitrogens with zero attached hydrogens (tertiary/aromatic N) is 2. The highest BCUT2D eigenvalue weighted by Crippen LogP contribution is 2.39. The van der Waals surface area contributed by atoms with Gasteiger partial charge >= 0.3 is 0 Å². The van der Waals surface area contributed by atoms with Crippen molar-refractivity contribution in [3.63, 3.8) is 0 Å².